The molecule has 2 atom stereocenters. The minimum absolute atomic E-state index is 0.0142. The van der Waals surface area contributed by atoms with E-state index in [1.165, 1.54) is 52.3 Å². The summed E-state index contributed by atoms with van der Waals surface area (Å²) in [5.41, 5.74) is 0. The molecule has 0 unspecified atom stereocenters. The number of hydrogen-bond donors (Lipinski definition) is 3. The highest BCUT2D eigenvalue weighted by molar-refractivity contribution is 9.09. The fourth-order valence-electron chi connectivity index (χ4n) is 1.41. The van der Waals surface area contributed by atoms with Crippen molar-refractivity contribution in [2.75, 3.05) is 18.6 Å². The van der Waals surface area contributed by atoms with E-state index in [4.69, 9.17) is 5.11 Å². The molecule has 0 saturated heterocycles. The Balaban J connectivity index is 4.11. The molecule has 0 radical (unpaired) electrons. The van der Waals surface area contributed by atoms with Gasteiger partial charge in [-0.2, -0.15) is 0 Å². The fraction of sp³-hybridized carbons (Fsp3) is 0.667. The highest BCUT2D eigenvalue weighted by Gasteiger charge is 2.21. The SMILES string of the molecule is CNC(=O)[C@H](CSSSC[C@H](CC(C)=O)C(=O)O)NC(C)=O. The summed E-state index contributed by atoms with van der Waals surface area (Å²) in [4.78, 5) is 44.5. The Kier molecular flexibility index (Phi) is 11.2. The molecule has 126 valence electrons. The number of Topliss-reactive ketones (excluding diaryl/α,β-unsaturated/α-hetero) is 1. The first-order valence-corrected chi connectivity index (χ1v) is 10.2. The van der Waals surface area contributed by atoms with Gasteiger partial charge in [-0.25, -0.2) is 0 Å². The predicted molar refractivity (Wildman–Crippen MR) is 90.6 cm³/mol. The third-order valence-corrected chi connectivity index (χ3v) is 6.75. The molecule has 0 aliphatic heterocycles. The lowest BCUT2D eigenvalue weighted by molar-refractivity contribution is -0.142. The van der Waals surface area contributed by atoms with Gasteiger partial charge in [0.05, 0.1) is 5.92 Å². The van der Waals surface area contributed by atoms with Crippen LogP contribution in [0.1, 0.15) is 20.3 Å². The van der Waals surface area contributed by atoms with Crippen molar-refractivity contribution in [3.63, 3.8) is 0 Å². The monoisotopic (exact) mass is 368 g/mol. The van der Waals surface area contributed by atoms with Crippen LogP contribution in [0.5, 0.6) is 0 Å². The van der Waals surface area contributed by atoms with Crippen molar-refractivity contribution < 1.29 is 24.3 Å². The van der Waals surface area contributed by atoms with Crippen LogP contribution in [0.4, 0.5) is 0 Å². The number of carboxylic acids is 1. The molecular formula is C12H20N2O5S3. The van der Waals surface area contributed by atoms with Crippen LogP contribution in [0.25, 0.3) is 0 Å². The predicted octanol–water partition coefficient (Wildman–Crippen LogP) is 0.947. The molecule has 0 aromatic heterocycles. The Morgan fingerprint density at radius 3 is 2.14 bits per heavy atom. The molecular weight excluding hydrogens is 348 g/mol. The second kappa shape index (κ2) is 11.7. The third kappa shape index (κ3) is 9.96. The van der Waals surface area contributed by atoms with Gasteiger partial charge in [-0.05, 0) is 16.7 Å². The molecule has 0 aliphatic rings. The smallest absolute Gasteiger partial charge is 0.307 e. The van der Waals surface area contributed by atoms with E-state index >= 15 is 0 Å². The minimum atomic E-state index is -0.991. The van der Waals surface area contributed by atoms with Crippen molar-refractivity contribution in [3.05, 3.63) is 0 Å². The maximum Gasteiger partial charge on any atom is 0.307 e. The zero-order chi connectivity index (χ0) is 17.1. The van der Waals surface area contributed by atoms with E-state index in [-0.39, 0.29) is 24.0 Å². The van der Waals surface area contributed by atoms with Gasteiger partial charge in [0.15, 0.2) is 0 Å². The van der Waals surface area contributed by atoms with E-state index in [0.29, 0.717) is 11.5 Å². The van der Waals surface area contributed by atoms with Crippen molar-refractivity contribution in [1.82, 2.24) is 10.6 Å². The number of ketones is 1. The molecule has 7 nitrogen and oxygen atoms in total. The number of aliphatic carboxylic acids is 1. The first-order valence-electron chi connectivity index (χ1n) is 6.40. The van der Waals surface area contributed by atoms with Crippen LogP contribution in [-0.2, 0) is 19.2 Å². The number of carbonyl (C=O) groups is 4. The lowest BCUT2D eigenvalue weighted by Crippen LogP contribution is -2.46. The van der Waals surface area contributed by atoms with Gasteiger partial charge in [0, 0.05) is 31.9 Å². The van der Waals surface area contributed by atoms with Crippen LogP contribution >= 0.6 is 31.4 Å². The summed E-state index contributed by atoms with van der Waals surface area (Å²) in [5, 5.41) is 14.0. The number of hydrogen-bond acceptors (Lipinski definition) is 7. The largest absolute Gasteiger partial charge is 0.481 e. The molecule has 0 spiro atoms. The van der Waals surface area contributed by atoms with Gasteiger partial charge < -0.3 is 20.5 Å². The standard InChI is InChI=1S/C12H20N2O5S3/c1-7(15)4-9(12(18)19)5-20-22-21-6-10(11(17)13-3)14-8(2)16/h9-10H,4-6H2,1-3H3,(H,13,17)(H,14,16)(H,18,19)/t9-,10-/m0/s1. The number of carboxylic acid groups (broad SMARTS) is 1. The summed E-state index contributed by atoms with van der Waals surface area (Å²) in [5.74, 6) is -1.77. The summed E-state index contributed by atoms with van der Waals surface area (Å²) >= 11 is 0. The summed E-state index contributed by atoms with van der Waals surface area (Å²) in [6, 6.07) is -0.631. The van der Waals surface area contributed by atoms with Gasteiger partial charge >= 0.3 is 5.97 Å². The van der Waals surface area contributed by atoms with Gasteiger partial charge in [0.1, 0.15) is 11.8 Å². The minimum Gasteiger partial charge on any atom is -0.481 e. The lowest BCUT2D eigenvalue weighted by atomic mass is 10.1. The second-order valence-corrected chi connectivity index (χ2v) is 8.77. The van der Waals surface area contributed by atoms with Crippen LogP contribution in [0.3, 0.4) is 0 Å². The molecule has 0 aliphatic carbocycles. The van der Waals surface area contributed by atoms with Crippen molar-refractivity contribution in [1.29, 1.82) is 0 Å². The van der Waals surface area contributed by atoms with Crippen molar-refractivity contribution in [2.24, 2.45) is 5.92 Å². The number of rotatable bonds is 11. The maximum absolute atomic E-state index is 11.6. The molecule has 0 saturated carbocycles. The average Bonchev–Trinajstić information content (AvgIpc) is 2.42. The molecule has 2 amide bonds. The summed E-state index contributed by atoms with van der Waals surface area (Å²) < 4.78 is 0. The average molecular weight is 369 g/mol. The highest BCUT2D eigenvalue weighted by Crippen LogP contribution is 2.36. The van der Waals surface area contributed by atoms with Crippen molar-refractivity contribution in [3.8, 4) is 0 Å². The van der Waals surface area contributed by atoms with E-state index in [1.54, 1.807) is 0 Å². The molecule has 3 N–H and O–H groups in total. The Morgan fingerprint density at radius 1 is 1.09 bits per heavy atom. The maximum atomic E-state index is 11.6. The van der Waals surface area contributed by atoms with Gasteiger partial charge in [-0.15, -0.1) is 0 Å². The van der Waals surface area contributed by atoms with Crippen LogP contribution in [0.2, 0.25) is 0 Å². The Labute approximate surface area is 140 Å². The van der Waals surface area contributed by atoms with E-state index in [0.717, 1.165) is 0 Å². The van der Waals surface area contributed by atoms with Crippen molar-refractivity contribution >= 4 is 55.0 Å². The second-order valence-electron chi connectivity index (χ2n) is 4.45. The number of likely N-dealkylation sites (N-methyl/N-ethyl adjacent to an activating group) is 1. The first-order chi connectivity index (χ1) is 10.3. The molecule has 22 heavy (non-hydrogen) atoms. The van der Waals surface area contributed by atoms with E-state index < -0.39 is 17.9 Å². The Hall–Kier alpha value is -0.870. The zero-order valence-electron chi connectivity index (χ0n) is 12.6. The lowest BCUT2D eigenvalue weighted by Gasteiger charge is -2.15. The molecule has 0 aromatic carbocycles. The number of amides is 2. The van der Waals surface area contributed by atoms with Crippen LogP contribution < -0.4 is 10.6 Å². The first kappa shape index (κ1) is 21.1. The Bertz CT molecular complexity index is 420. The quantitative estimate of drug-likeness (QED) is 0.365. The van der Waals surface area contributed by atoms with Crippen LogP contribution in [0, 0.1) is 5.92 Å². The van der Waals surface area contributed by atoms with Crippen molar-refractivity contribution in [2.45, 2.75) is 26.3 Å². The van der Waals surface area contributed by atoms with Gasteiger partial charge in [0.25, 0.3) is 0 Å². The molecule has 0 fully saturated rings. The molecule has 0 aromatic rings. The van der Waals surface area contributed by atoms with E-state index in [2.05, 4.69) is 10.6 Å². The Morgan fingerprint density at radius 2 is 1.68 bits per heavy atom. The molecule has 0 heterocycles. The van der Waals surface area contributed by atoms with Crippen LogP contribution in [0.15, 0.2) is 0 Å². The number of carbonyl (C=O) groups excluding carboxylic acids is 3. The van der Waals surface area contributed by atoms with Gasteiger partial charge in [-0.1, -0.05) is 21.6 Å². The normalized spacial score (nSPS) is 13.0. The highest BCUT2D eigenvalue weighted by atomic mass is 33.5. The van der Waals surface area contributed by atoms with Crippen LogP contribution in [-0.4, -0.2) is 53.3 Å². The third-order valence-electron chi connectivity index (χ3n) is 2.42. The summed E-state index contributed by atoms with van der Waals surface area (Å²) in [6.45, 7) is 2.70. The summed E-state index contributed by atoms with van der Waals surface area (Å²) in [7, 11) is 5.49. The molecule has 10 heteroatoms. The fourth-order valence-corrected chi connectivity index (χ4v) is 5.43. The van der Waals surface area contributed by atoms with E-state index in [9.17, 15) is 19.2 Å². The topological polar surface area (TPSA) is 113 Å². The van der Waals surface area contributed by atoms with Gasteiger partial charge in [0.2, 0.25) is 11.8 Å². The number of nitrogens with one attached hydrogen (secondary N) is 2. The summed E-state index contributed by atoms with van der Waals surface area (Å²) in [6.07, 6.45) is 0.0142. The zero-order valence-corrected chi connectivity index (χ0v) is 15.0. The van der Waals surface area contributed by atoms with Gasteiger partial charge in [-0.3, -0.25) is 14.4 Å². The van der Waals surface area contributed by atoms with E-state index in [1.807, 2.05) is 0 Å². The molecule has 0 rings (SSSR count). The molecule has 0 bridgehead atoms.